The molecule has 156 valence electrons. The molecule has 2 aromatic carbocycles. The molecule has 5 heteroatoms. The average molecular weight is 399 g/mol. The number of halogens is 1. The zero-order chi connectivity index (χ0) is 20.9. The van der Waals surface area contributed by atoms with Gasteiger partial charge in [-0.25, -0.2) is 4.39 Å². The third-order valence-electron chi connectivity index (χ3n) is 5.99. The Balaban J connectivity index is 2.03. The minimum atomic E-state index is -1.17. The minimum Gasteiger partial charge on any atom is -0.385 e. The summed E-state index contributed by atoms with van der Waals surface area (Å²) in [6.45, 7) is 3.60. The van der Waals surface area contributed by atoms with Crippen LogP contribution in [0.15, 0.2) is 42.5 Å². The Morgan fingerprint density at radius 2 is 2.07 bits per heavy atom. The Morgan fingerprint density at radius 3 is 2.76 bits per heavy atom. The van der Waals surface area contributed by atoms with E-state index in [0.717, 1.165) is 30.5 Å². The highest BCUT2D eigenvalue weighted by molar-refractivity contribution is 5.73. The smallest absolute Gasteiger partial charge is 0.217 e. The molecule has 1 fully saturated rings. The van der Waals surface area contributed by atoms with Crippen LogP contribution < -0.4 is 11.1 Å². The highest BCUT2D eigenvalue weighted by atomic mass is 19.1. The van der Waals surface area contributed by atoms with Gasteiger partial charge in [-0.3, -0.25) is 4.79 Å². The van der Waals surface area contributed by atoms with Gasteiger partial charge >= 0.3 is 0 Å². The number of carbonyl (C=O) groups excluding carboxylic acids is 1. The molecule has 4 N–H and O–H groups in total. The first-order valence-corrected chi connectivity index (χ1v) is 10.5. The number of carbonyl (C=O) groups is 1. The van der Waals surface area contributed by atoms with E-state index in [4.69, 9.17) is 5.73 Å². The summed E-state index contributed by atoms with van der Waals surface area (Å²) in [5, 5.41) is 15.4. The number of rotatable bonds is 8. The predicted molar refractivity (Wildman–Crippen MR) is 114 cm³/mol. The molecule has 1 heterocycles. The molecule has 2 atom stereocenters. The van der Waals surface area contributed by atoms with Crippen LogP contribution in [-0.2, 0) is 10.4 Å². The van der Waals surface area contributed by atoms with Crippen LogP contribution >= 0.6 is 0 Å². The normalized spacial score (nSPS) is 18.9. The van der Waals surface area contributed by atoms with E-state index in [9.17, 15) is 9.90 Å². The summed E-state index contributed by atoms with van der Waals surface area (Å²) in [5.74, 6) is -0.679. The maximum atomic E-state index is 15.1. The number of primary amides is 1. The lowest BCUT2D eigenvalue weighted by Crippen LogP contribution is -2.44. The van der Waals surface area contributed by atoms with Gasteiger partial charge in [-0.15, -0.1) is 0 Å². The van der Waals surface area contributed by atoms with E-state index < -0.39 is 5.60 Å². The predicted octanol–water partition coefficient (Wildman–Crippen LogP) is 4.03. The van der Waals surface area contributed by atoms with E-state index in [1.54, 1.807) is 6.07 Å². The fourth-order valence-corrected chi connectivity index (χ4v) is 4.49. The molecule has 0 aromatic heterocycles. The van der Waals surface area contributed by atoms with E-state index in [1.165, 1.54) is 6.07 Å². The summed E-state index contributed by atoms with van der Waals surface area (Å²) >= 11 is 0. The van der Waals surface area contributed by atoms with Crippen molar-refractivity contribution in [3.05, 3.63) is 59.4 Å². The largest absolute Gasteiger partial charge is 0.385 e. The van der Waals surface area contributed by atoms with E-state index in [0.29, 0.717) is 43.4 Å². The lowest BCUT2D eigenvalue weighted by Gasteiger charge is -2.40. The van der Waals surface area contributed by atoms with Gasteiger partial charge in [0.25, 0.3) is 0 Å². The van der Waals surface area contributed by atoms with Crippen LogP contribution in [0.1, 0.15) is 49.7 Å². The van der Waals surface area contributed by atoms with Crippen LogP contribution in [-0.4, -0.2) is 24.1 Å². The van der Waals surface area contributed by atoms with Gasteiger partial charge in [0, 0.05) is 24.4 Å². The Hall–Kier alpha value is -2.24. The summed E-state index contributed by atoms with van der Waals surface area (Å²) in [6, 6.07) is 12.7. The Morgan fingerprint density at radius 1 is 1.28 bits per heavy atom. The number of nitrogens with two attached hydrogens (primary N) is 1. The molecule has 29 heavy (non-hydrogen) atoms. The number of aryl methyl sites for hydroxylation is 1. The van der Waals surface area contributed by atoms with Gasteiger partial charge in [-0.1, -0.05) is 42.0 Å². The van der Waals surface area contributed by atoms with Crippen LogP contribution in [0.4, 0.5) is 4.39 Å². The number of aliphatic hydroxyl groups is 1. The van der Waals surface area contributed by atoms with Gasteiger partial charge in [0.05, 0.1) is 5.60 Å². The molecule has 1 saturated heterocycles. The van der Waals surface area contributed by atoms with Crippen molar-refractivity contribution >= 4 is 5.91 Å². The highest BCUT2D eigenvalue weighted by Gasteiger charge is 2.40. The molecule has 1 aliphatic rings. The molecule has 2 aromatic rings. The second-order valence-corrected chi connectivity index (χ2v) is 8.17. The SMILES string of the molecule is Cc1cccc(-c2c(F)cccc2[C@](O)(CCCCC(N)=O)[C@@H]2CCCNC2)c1. The Labute approximate surface area is 172 Å². The fourth-order valence-electron chi connectivity index (χ4n) is 4.49. The summed E-state index contributed by atoms with van der Waals surface area (Å²) < 4.78 is 15.1. The maximum Gasteiger partial charge on any atom is 0.217 e. The van der Waals surface area contributed by atoms with E-state index >= 15 is 4.39 Å². The monoisotopic (exact) mass is 398 g/mol. The molecule has 0 spiro atoms. The van der Waals surface area contributed by atoms with Gasteiger partial charge in [0.1, 0.15) is 5.82 Å². The van der Waals surface area contributed by atoms with Crippen LogP contribution in [0.25, 0.3) is 11.1 Å². The summed E-state index contributed by atoms with van der Waals surface area (Å²) in [7, 11) is 0. The van der Waals surface area contributed by atoms with Gasteiger partial charge in [-0.05, 0) is 62.8 Å². The fraction of sp³-hybridized carbons (Fsp3) is 0.458. The molecular weight excluding hydrogens is 367 g/mol. The van der Waals surface area contributed by atoms with Crippen molar-refractivity contribution in [2.24, 2.45) is 11.7 Å². The Kier molecular flexibility index (Phi) is 7.04. The number of hydrogen-bond donors (Lipinski definition) is 3. The first-order chi connectivity index (χ1) is 13.9. The Bertz CT molecular complexity index is 849. The van der Waals surface area contributed by atoms with Crippen molar-refractivity contribution < 1.29 is 14.3 Å². The van der Waals surface area contributed by atoms with Crippen LogP contribution in [0, 0.1) is 18.7 Å². The molecule has 0 aliphatic carbocycles. The highest BCUT2D eigenvalue weighted by Crippen LogP contribution is 2.43. The van der Waals surface area contributed by atoms with Crippen molar-refractivity contribution in [1.29, 1.82) is 0 Å². The molecule has 0 saturated carbocycles. The third-order valence-corrected chi connectivity index (χ3v) is 5.99. The van der Waals surface area contributed by atoms with Gasteiger partial charge in [0.2, 0.25) is 5.91 Å². The average Bonchev–Trinajstić information content (AvgIpc) is 2.71. The number of unbranched alkanes of at least 4 members (excludes halogenated alkanes) is 1. The van der Waals surface area contributed by atoms with Crippen molar-refractivity contribution in [3.8, 4) is 11.1 Å². The molecular formula is C24H31FN2O2. The molecule has 0 bridgehead atoms. The van der Waals surface area contributed by atoms with Gasteiger partial charge in [0.15, 0.2) is 0 Å². The number of piperidine rings is 1. The van der Waals surface area contributed by atoms with Gasteiger partial charge < -0.3 is 16.2 Å². The van der Waals surface area contributed by atoms with Crippen molar-refractivity contribution in [1.82, 2.24) is 5.32 Å². The van der Waals surface area contributed by atoms with Crippen LogP contribution in [0.5, 0.6) is 0 Å². The topological polar surface area (TPSA) is 75.3 Å². The molecule has 1 aliphatic heterocycles. The molecule has 1 amide bonds. The zero-order valence-corrected chi connectivity index (χ0v) is 17.1. The lowest BCUT2D eigenvalue weighted by atomic mass is 9.72. The first kappa shape index (κ1) is 21.5. The van der Waals surface area contributed by atoms with Gasteiger partial charge in [-0.2, -0.15) is 0 Å². The molecule has 4 nitrogen and oxygen atoms in total. The van der Waals surface area contributed by atoms with Crippen LogP contribution in [0.2, 0.25) is 0 Å². The summed E-state index contributed by atoms with van der Waals surface area (Å²) in [4.78, 5) is 11.1. The standard InChI is InChI=1S/C24H31FN2O2/c1-17-7-4-8-18(15-17)23-20(10-5-11-21(23)25)24(29,13-3-2-12-22(26)28)19-9-6-14-27-16-19/h4-5,7-8,10-11,15,19,27,29H,2-3,6,9,12-14,16H2,1H3,(H2,26,28)/t19-,24+/m1/s1. The summed E-state index contributed by atoms with van der Waals surface area (Å²) in [6.07, 6.45) is 3.89. The second kappa shape index (κ2) is 9.51. The molecule has 0 unspecified atom stereocenters. The number of hydrogen-bond acceptors (Lipinski definition) is 3. The van der Waals surface area contributed by atoms with Crippen molar-refractivity contribution in [3.63, 3.8) is 0 Å². The number of benzene rings is 2. The lowest BCUT2D eigenvalue weighted by molar-refractivity contribution is -0.118. The van der Waals surface area contributed by atoms with Crippen molar-refractivity contribution in [2.75, 3.05) is 13.1 Å². The molecule has 3 rings (SSSR count). The van der Waals surface area contributed by atoms with E-state index in [1.807, 2.05) is 37.3 Å². The van der Waals surface area contributed by atoms with E-state index in [2.05, 4.69) is 5.32 Å². The summed E-state index contributed by atoms with van der Waals surface area (Å²) in [5.41, 5.74) is 7.02. The zero-order valence-electron chi connectivity index (χ0n) is 17.1. The third kappa shape index (κ3) is 5.03. The van der Waals surface area contributed by atoms with E-state index in [-0.39, 0.29) is 17.6 Å². The number of nitrogens with one attached hydrogen (secondary N) is 1. The second-order valence-electron chi connectivity index (χ2n) is 8.17. The quantitative estimate of drug-likeness (QED) is 0.588. The maximum absolute atomic E-state index is 15.1. The van der Waals surface area contributed by atoms with Crippen molar-refractivity contribution in [2.45, 2.75) is 51.0 Å². The number of amides is 1. The molecule has 0 radical (unpaired) electrons. The minimum absolute atomic E-state index is 0.0183. The van der Waals surface area contributed by atoms with Crippen LogP contribution in [0.3, 0.4) is 0 Å². The first-order valence-electron chi connectivity index (χ1n) is 10.5.